The molecule has 0 amide bonds. The molecule has 1 N–H and O–H groups in total. The average molecular weight is 393 g/mol. The van der Waals surface area contributed by atoms with Gasteiger partial charge in [-0.25, -0.2) is 4.68 Å². The molecule has 5 nitrogen and oxygen atoms in total. The van der Waals surface area contributed by atoms with Crippen molar-refractivity contribution in [1.82, 2.24) is 15.0 Å². The third-order valence-corrected chi connectivity index (χ3v) is 5.37. The van der Waals surface area contributed by atoms with Crippen molar-refractivity contribution in [2.45, 2.75) is 12.8 Å². The van der Waals surface area contributed by atoms with Crippen molar-refractivity contribution >= 4 is 27.5 Å². The van der Waals surface area contributed by atoms with Gasteiger partial charge in [0.25, 0.3) is 0 Å². The van der Waals surface area contributed by atoms with Crippen LogP contribution in [-0.2, 0) is 11.2 Å². The molecule has 1 aromatic heterocycles. The van der Waals surface area contributed by atoms with Gasteiger partial charge in [-0.15, -0.1) is 5.10 Å². The van der Waals surface area contributed by atoms with E-state index in [1.54, 1.807) is 4.68 Å². The fraction of sp³-hybridized carbons (Fsp3) is 0.0800. The lowest BCUT2D eigenvalue weighted by atomic mass is 9.96. The van der Waals surface area contributed by atoms with Gasteiger partial charge in [0.1, 0.15) is 5.69 Å². The number of hydrogen-bond acceptors (Lipinski definition) is 3. The van der Waals surface area contributed by atoms with Crippen molar-refractivity contribution in [2.24, 2.45) is 0 Å². The zero-order chi connectivity index (χ0) is 20.5. The molecule has 30 heavy (non-hydrogen) atoms. The van der Waals surface area contributed by atoms with E-state index in [4.69, 9.17) is 5.11 Å². The fourth-order valence-electron chi connectivity index (χ4n) is 3.85. The van der Waals surface area contributed by atoms with Crippen LogP contribution in [0.2, 0.25) is 0 Å². The molecular weight excluding hydrogens is 374 g/mol. The number of rotatable bonds is 5. The van der Waals surface area contributed by atoms with E-state index in [9.17, 15) is 4.79 Å². The Bertz CT molecular complexity index is 1370. The Balaban J connectivity index is 1.54. The Morgan fingerprint density at radius 2 is 1.57 bits per heavy atom. The molecule has 0 atom stereocenters. The number of carbonyl (C=O) groups is 1. The summed E-state index contributed by atoms with van der Waals surface area (Å²) in [4.78, 5) is 10.8. The second kappa shape index (κ2) is 7.44. The summed E-state index contributed by atoms with van der Waals surface area (Å²) in [5.41, 5.74) is 3.74. The van der Waals surface area contributed by atoms with Crippen LogP contribution >= 0.6 is 0 Å². The summed E-state index contributed by atoms with van der Waals surface area (Å²) in [7, 11) is 0. The van der Waals surface area contributed by atoms with Crippen LogP contribution in [-0.4, -0.2) is 26.1 Å². The van der Waals surface area contributed by atoms with Gasteiger partial charge in [0.05, 0.1) is 11.9 Å². The Kier molecular flexibility index (Phi) is 4.48. The maximum atomic E-state index is 10.8. The minimum atomic E-state index is -0.789. The minimum Gasteiger partial charge on any atom is -0.481 e. The Morgan fingerprint density at radius 1 is 0.867 bits per heavy atom. The van der Waals surface area contributed by atoms with Crippen molar-refractivity contribution in [3.8, 4) is 16.9 Å². The van der Waals surface area contributed by atoms with Crippen LogP contribution in [0, 0.1) is 0 Å². The first-order valence-corrected chi connectivity index (χ1v) is 9.83. The van der Waals surface area contributed by atoms with Crippen LogP contribution in [0.1, 0.15) is 12.0 Å². The molecule has 1 heterocycles. The third-order valence-electron chi connectivity index (χ3n) is 5.37. The number of nitrogens with zero attached hydrogens (tertiary/aromatic N) is 3. The first kappa shape index (κ1) is 18.1. The molecule has 0 aliphatic heterocycles. The topological polar surface area (TPSA) is 68.0 Å². The summed E-state index contributed by atoms with van der Waals surface area (Å²) in [5, 5.41) is 22.3. The predicted molar refractivity (Wildman–Crippen MR) is 118 cm³/mol. The number of benzene rings is 4. The SMILES string of the molecule is O=C(O)CCc1ccc(-n2cc(-c3cc4ccccc4c4ccccc34)nn2)cc1. The van der Waals surface area contributed by atoms with E-state index in [1.165, 1.54) is 16.2 Å². The van der Waals surface area contributed by atoms with E-state index in [1.807, 2.05) is 42.6 Å². The molecule has 0 aliphatic carbocycles. The highest BCUT2D eigenvalue weighted by atomic mass is 16.4. The molecule has 4 aromatic carbocycles. The number of aromatic nitrogens is 3. The van der Waals surface area contributed by atoms with Crippen LogP contribution in [0.15, 0.2) is 85.1 Å². The molecule has 0 radical (unpaired) electrons. The smallest absolute Gasteiger partial charge is 0.303 e. The summed E-state index contributed by atoms with van der Waals surface area (Å²) in [6.07, 6.45) is 2.58. The van der Waals surface area contributed by atoms with Crippen molar-refractivity contribution in [1.29, 1.82) is 0 Å². The molecule has 146 valence electrons. The highest BCUT2D eigenvalue weighted by molar-refractivity contribution is 6.13. The Labute approximate surface area is 173 Å². The largest absolute Gasteiger partial charge is 0.481 e. The number of hydrogen-bond donors (Lipinski definition) is 1. The normalized spacial score (nSPS) is 11.2. The molecule has 0 spiro atoms. The molecule has 5 heteroatoms. The van der Waals surface area contributed by atoms with E-state index >= 15 is 0 Å². The number of aliphatic carboxylic acids is 1. The molecule has 0 fully saturated rings. The van der Waals surface area contributed by atoms with Gasteiger partial charge in [0, 0.05) is 12.0 Å². The van der Waals surface area contributed by atoms with E-state index in [0.717, 1.165) is 27.9 Å². The Morgan fingerprint density at radius 3 is 2.33 bits per heavy atom. The maximum Gasteiger partial charge on any atom is 0.303 e. The van der Waals surface area contributed by atoms with Crippen LogP contribution < -0.4 is 0 Å². The lowest BCUT2D eigenvalue weighted by Crippen LogP contribution is -1.98. The van der Waals surface area contributed by atoms with Gasteiger partial charge in [-0.3, -0.25) is 4.79 Å². The monoisotopic (exact) mass is 393 g/mol. The number of aryl methyl sites for hydroxylation is 1. The van der Waals surface area contributed by atoms with E-state index < -0.39 is 5.97 Å². The standard InChI is InChI=1S/C25H19N3O2/c29-25(30)14-11-17-9-12-19(13-10-17)28-16-24(26-27-28)23-15-18-5-1-2-6-20(18)21-7-3-4-8-22(21)23/h1-10,12-13,15-16H,11,14H2,(H,29,30). The fourth-order valence-corrected chi connectivity index (χ4v) is 3.85. The molecule has 5 rings (SSSR count). The van der Waals surface area contributed by atoms with Gasteiger partial charge in [0.15, 0.2) is 0 Å². The van der Waals surface area contributed by atoms with Crippen LogP contribution in [0.3, 0.4) is 0 Å². The highest BCUT2D eigenvalue weighted by Gasteiger charge is 2.12. The molecule has 0 unspecified atom stereocenters. The van der Waals surface area contributed by atoms with Crippen LogP contribution in [0.4, 0.5) is 0 Å². The second-order valence-corrected chi connectivity index (χ2v) is 7.30. The molecule has 0 aliphatic rings. The Hall–Kier alpha value is -3.99. The first-order valence-electron chi connectivity index (χ1n) is 9.83. The van der Waals surface area contributed by atoms with E-state index in [0.29, 0.717) is 6.42 Å². The lowest BCUT2D eigenvalue weighted by molar-refractivity contribution is -0.136. The van der Waals surface area contributed by atoms with Crippen molar-refractivity contribution in [3.63, 3.8) is 0 Å². The zero-order valence-electron chi connectivity index (χ0n) is 16.2. The molecule has 5 aromatic rings. The van der Waals surface area contributed by atoms with Gasteiger partial charge in [-0.1, -0.05) is 65.9 Å². The number of fused-ring (bicyclic) bond motifs is 3. The summed E-state index contributed by atoms with van der Waals surface area (Å²) in [6.45, 7) is 0. The summed E-state index contributed by atoms with van der Waals surface area (Å²) in [5.74, 6) is -0.789. The number of carboxylic acids is 1. The molecular formula is C25H19N3O2. The summed E-state index contributed by atoms with van der Waals surface area (Å²) >= 11 is 0. The zero-order valence-corrected chi connectivity index (χ0v) is 16.2. The van der Waals surface area contributed by atoms with Gasteiger partial charge in [-0.2, -0.15) is 0 Å². The van der Waals surface area contributed by atoms with Gasteiger partial charge in [-0.05, 0) is 51.7 Å². The van der Waals surface area contributed by atoms with Gasteiger partial charge >= 0.3 is 5.97 Å². The third kappa shape index (κ3) is 3.31. The highest BCUT2D eigenvalue weighted by Crippen LogP contribution is 2.34. The summed E-state index contributed by atoms with van der Waals surface area (Å²) in [6, 6.07) is 26.6. The quantitative estimate of drug-likeness (QED) is 0.414. The van der Waals surface area contributed by atoms with Crippen LogP contribution in [0.25, 0.3) is 38.5 Å². The van der Waals surface area contributed by atoms with E-state index in [-0.39, 0.29) is 6.42 Å². The van der Waals surface area contributed by atoms with Gasteiger partial charge < -0.3 is 5.11 Å². The van der Waals surface area contributed by atoms with Crippen molar-refractivity contribution in [3.05, 3.63) is 90.6 Å². The average Bonchev–Trinajstić information content (AvgIpc) is 3.27. The predicted octanol–water partition coefficient (Wildman–Crippen LogP) is 5.26. The number of carboxylic acid groups (broad SMARTS) is 1. The summed E-state index contributed by atoms with van der Waals surface area (Å²) < 4.78 is 1.75. The molecule has 0 bridgehead atoms. The lowest BCUT2D eigenvalue weighted by Gasteiger charge is -2.08. The molecule has 0 saturated carbocycles. The minimum absolute atomic E-state index is 0.127. The van der Waals surface area contributed by atoms with Crippen molar-refractivity contribution in [2.75, 3.05) is 0 Å². The first-order chi connectivity index (χ1) is 14.7. The van der Waals surface area contributed by atoms with Crippen LogP contribution in [0.5, 0.6) is 0 Å². The molecule has 0 saturated heterocycles. The van der Waals surface area contributed by atoms with Gasteiger partial charge in [0.2, 0.25) is 0 Å². The van der Waals surface area contributed by atoms with Crippen molar-refractivity contribution < 1.29 is 9.90 Å². The second-order valence-electron chi connectivity index (χ2n) is 7.30. The maximum absolute atomic E-state index is 10.8. The van der Waals surface area contributed by atoms with E-state index in [2.05, 4.69) is 52.8 Å².